The molecule has 2 heterocycles. The van der Waals surface area contributed by atoms with Gasteiger partial charge in [-0.05, 0) is 31.2 Å². The van der Waals surface area contributed by atoms with Crippen LogP contribution in [0.25, 0.3) is 11.5 Å². The fourth-order valence-corrected chi connectivity index (χ4v) is 1.98. The highest BCUT2D eigenvalue weighted by atomic mass is 16.1. The van der Waals surface area contributed by atoms with Gasteiger partial charge in [-0.25, -0.2) is 4.98 Å². The molecule has 0 saturated heterocycles. The SMILES string of the molecule is Cc1ccc(NC(=O)Cc2nc(-c3ccccn3)n[nH]2)cc1. The summed E-state index contributed by atoms with van der Waals surface area (Å²) < 4.78 is 0. The Labute approximate surface area is 127 Å². The van der Waals surface area contributed by atoms with Crippen molar-refractivity contribution in [3.63, 3.8) is 0 Å². The van der Waals surface area contributed by atoms with Crippen molar-refractivity contribution in [2.45, 2.75) is 13.3 Å². The number of H-pyrrole nitrogens is 1. The Morgan fingerprint density at radius 3 is 2.73 bits per heavy atom. The maximum Gasteiger partial charge on any atom is 0.232 e. The number of benzene rings is 1. The van der Waals surface area contributed by atoms with Gasteiger partial charge in [0.2, 0.25) is 5.91 Å². The summed E-state index contributed by atoms with van der Waals surface area (Å²) in [6.45, 7) is 2.00. The average Bonchev–Trinajstić information content (AvgIpc) is 2.99. The fourth-order valence-electron chi connectivity index (χ4n) is 1.98. The number of aromatic nitrogens is 4. The highest BCUT2D eigenvalue weighted by Gasteiger charge is 2.10. The lowest BCUT2D eigenvalue weighted by Gasteiger charge is -2.03. The van der Waals surface area contributed by atoms with Gasteiger partial charge in [-0.15, -0.1) is 0 Å². The molecular formula is C16H15N5O. The molecule has 6 nitrogen and oxygen atoms in total. The van der Waals surface area contributed by atoms with Crippen LogP contribution >= 0.6 is 0 Å². The third-order valence-corrected chi connectivity index (χ3v) is 3.09. The molecule has 6 heteroatoms. The van der Waals surface area contributed by atoms with Crippen molar-refractivity contribution >= 4 is 11.6 Å². The minimum atomic E-state index is -0.146. The van der Waals surface area contributed by atoms with E-state index in [1.54, 1.807) is 6.20 Å². The summed E-state index contributed by atoms with van der Waals surface area (Å²) in [6.07, 6.45) is 1.81. The lowest BCUT2D eigenvalue weighted by molar-refractivity contribution is -0.115. The number of anilines is 1. The molecule has 0 radical (unpaired) electrons. The number of pyridine rings is 1. The van der Waals surface area contributed by atoms with E-state index in [9.17, 15) is 4.79 Å². The summed E-state index contributed by atoms with van der Waals surface area (Å²) >= 11 is 0. The fraction of sp³-hybridized carbons (Fsp3) is 0.125. The maximum atomic E-state index is 12.0. The Balaban J connectivity index is 1.65. The van der Waals surface area contributed by atoms with Gasteiger partial charge in [0.05, 0.1) is 6.42 Å². The summed E-state index contributed by atoms with van der Waals surface area (Å²) in [5.74, 6) is 0.844. The van der Waals surface area contributed by atoms with Crippen molar-refractivity contribution < 1.29 is 4.79 Å². The van der Waals surface area contributed by atoms with Crippen LogP contribution in [0, 0.1) is 6.92 Å². The van der Waals surface area contributed by atoms with Gasteiger partial charge in [0.25, 0.3) is 0 Å². The number of carbonyl (C=O) groups is 1. The first-order valence-corrected chi connectivity index (χ1v) is 6.90. The van der Waals surface area contributed by atoms with Gasteiger partial charge in [0, 0.05) is 11.9 Å². The van der Waals surface area contributed by atoms with Crippen LogP contribution in [0.2, 0.25) is 0 Å². The second-order valence-electron chi connectivity index (χ2n) is 4.91. The Hall–Kier alpha value is -3.02. The van der Waals surface area contributed by atoms with Gasteiger partial charge in [-0.1, -0.05) is 23.8 Å². The second kappa shape index (κ2) is 6.17. The molecule has 110 valence electrons. The average molecular weight is 293 g/mol. The smallest absolute Gasteiger partial charge is 0.232 e. The Morgan fingerprint density at radius 2 is 2.00 bits per heavy atom. The first kappa shape index (κ1) is 13.9. The summed E-state index contributed by atoms with van der Waals surface area (Å²) in [7, 11) is 0. The normalized spacial score (nSPS) is 10.4. The molecule has 0 aliphatic carbocycles. The monoisotopic (exact) mass is 293 g/mol. The Kier molecular flexibility index (Phi) is 3.91. The van der Waals surface area contributed by atoms with Crippen LogP contribution < -0.4 is 5.32 Å². The molecule has 2 aromatic heterocycles. The third-order valence-electron chi connectivity index (χ3n) is 3.09. The molecule has 0 atom stereocenters. The molecular weight excluding hydrogens is 278 g/mol. The van der Waals surface area contributed by atoms with E-state index in [2.05, 4.69) is 25.5 Å². The van der Waals surface area contributed by atoms with E-state index in [0.717, 1.165) is 11.3 Å². The quantitative estimate of drug-likeness (QED) is 0.773. The zero-order valence-electron chi connectivity index (χ0n) is 12.1. The molecule has 0 spiro atoms. The van der Waals surface area contributed by atoms with Crippen molar-refractivity contribution in [3.8, 4) is 11.5 Å². The van der Waals surface area contributed by atoms with Crippen molar-refractivity contribution in [1.82, 2.24) is 20.2 Å². The third kappa shape index (κ3) is 3.35. The molecule has 22 heavy (non-hydrogen) atoms. The maximum absolute atomic E-state index is 12.0. The topological polar surface area (TPSA) is 83.6 Å². The van der Waals surface area contributed by atoms with E-state index in [-0.39, 0.29) is 12.3 Å². The molecule has 0 saturated carbocycles. The number of aromatic amines is 1. The molecule has 2 N–H and O–H groups in total. The molecule has 0 aliphatic rings. The molecule has 0 bridgehead atoms. The first-order chi connectivity index (χ1) is 10.7. The number of carbonyl (C=O) groups excluding carboxylic acids is 1. The van der Waals surface area contributed by atoms with Gasteiger partial charge < -0.3 is 5.32 Å². The zero-order valence-corrected chi connectivity index (χ0v) is 12.1. The summed E-state index contributed by atoms with van der Waals surface area (Å²) in [4.78, 5) is 20.5. The predicted molar refractivity (Wildman–Crippen MR) is 83.1 cm³/mol. The lowest BCUT2D eigenvalue weighted by Crippen LogP contribution is -2.15. The Morgan fingerprint density at radius 1 is 1.18 bits per heavy atom. The number of amides is 1. The summed E-state index contributed by atoms with van der Waals surface area (Å²) in [5.41, 5.74) is 2.58. The lowest BCUT2D eigenvalue weighted by atomic mass is 10.2. The standard InChI is InChI=1S/C16H15N5O/c1-11-5-7-12(8-6-11)18-15(22)10-14-19-16(21-20-14)13-4-2-3-9-17-13/h2-9H,10H2,1H3,(H,18,22)(H,19,20,21). The van der Waals surface area contributed by atoms with Crippen LogP contribution in [0.1, 0.15) is 11.4 Å². The molecule has 0 fully saturated rings. The van der Waals surface area contributed by atoms with Crippen LogP contribution in [0.15, 0.2) is 48.7 Å². The molecule has 3 rings (SSSR count). The molecule has 0 aliphatic heterocycles. The van der Waals surface area contributed by atoms with Crippen molar-refractivity contribution in [1.29, 1.82) is 0 Å². The molecule has 1 aromatic carbocycles. The van der Waals surface area contributed by atoms with Crippen LogP contribution in [0.5, 0.6) is 0 Å². The predicted octanol–water partition coefficient (Wildman–Crippen LogP) is 2.36. The largest absolute Gasteiger partial charge is 0.326 e. The van der Waals surface area contributed by atoms with Crippen LogP contribution in [0.4, 0.5) is 5.69 Å². The van der Waals surface area contributed by atoms with E-state index >= 15 is 0 Å². The number of hydrogen-bond donors (Lipinski definition) is 2. The highest BCUT2D eigenvalue weighted by molar-refractivity contribution is 5.91. The number of aryl methyl sites for hydroxylation is 1. The number of hydrogen-bond acceptors (Lipinski definition) is 4. The van der Waals surface area contributed by atoms with Gasteiger partial charge in [0.1, 0.15) is 11.5 Å². The number of nitrogens with zero attached hydrogens (tertiary/aromatic N) is 3. The van der Waals surface area contributed by atoms with Crippen LogP contribution in [-0.4, -0.2) is 26.1 Å². The Bertz CT molecular complexity index is 765. The highest BCUT2D eigenvalue weighted by Crippen LogP contribution is 2.11. The molecule has 3 aromatic rings. The van der Waals surface area contributed by atoms with E-state index < -0.39 is 0 Å². The number of nitrogens with one attached hydrogen (secondary N) is 2. The van der Waals surface area contributed by atoms with E-state index in [1.807, 2.05) is 49.4 Å². The molecule has 1 amide bonds. The van der Waals surface area contributed by atoms with Crippen molar-refractivity contribution in [2.24, 2.45) is 0 Å². The second-order valence-corrected chi connectivity index (χ2v) is 4.91. The summed E-state index contributed by atoms with van der Waals surface area (Å²) in [5, 5.41) is 9.67. The van der Waals surface area contributed by atoms with Gasteiger partial charge in [-0.3, -0.25) is 14.9 Å². The molecule has 0 unspecified atom stereocenters. The van der Waals surface area contributed by atoms with Gasteiger partial charge >= 0.3 is 0 Å². The van der Waals surface area contributed by atoms with E-state index in [1.165, 1.54) is 0 Å². The first-order valence-electron chi connectivity index (χ1n) is 6.90. The van der Waals surface area contributed by atoms with Crippen LogP contribution in [-0.2, 0) is 11.2 Å². The van der Waals surface area contributed by atoms with Crippen LogP contribution in [0.3, 0.4) is 0 Å². The van der Waals surface area contributed by atoms with E-state index in [4.69, 9.17) is 0 Å². The van der Waals surface area contributed by atoms with Gasteiger partial charge in [-0.2, -0.15) is 5.10 Å². The zero-order chi connectivity index (χ0) is 15.4. The van der Waals surface area contributed by atoms with E-state index in [0.29, 0.717) is 17.3 Å². The van der Waals surface area contributed by atoms with Crippen molar-refractivity contribution in [2.75, 3.05) is 5.32 Å². The minimum Gasteiger partial charge on any atom is -0.326 e. The minimum absolute atomic E-state index is 0.133. The summed E-state index contributed by atoms with van der Waals surface area (Å²) in [6, 6.07) is 13.1. The van der Waals surface area contributed by atoms with Crippen molar-refractivity contribution in [3.05, 3.63) is 60.0 Å². The number of rotatable bonds is 4. The van der Waals surface area contributed by atoms with Gasteiger partial charge in [0.15, 0.2) is 5.82 Å².